The number of carbonyl (C=O) groups excluding carboxylic acids is 1. The van der Waals surface area contributed by atoms with Crippen molar-refractivity contribution in [1.29, 1.82) is 0 Å². The fraction of sp³-hybridized carbons (Fsp3) is 0.227. The van der Waals surface area contributed by atoms with Gasteiger partial charge in [-0.3, -0.25) is 9.59 Å². The molecule has 0 spiro atoms. The molecular formula is C22H21N3O5. The number of hydrogen-bond donors (Lipinski definition) is 1. The van der Waals surface area contributed by atoms with Crippen molar-refractivity contribution >= 4 is 11.6 Å². The molecule has 1 unspecified atom stereocenters. The minimum Gasteiger partial charge on any atom is -0.494 e. The molecule has 1 amide bonds. The number of nitrogens with zero attached hydrogens (tertiary/aromatic N) is 2. The molecule has 154 valence electrons. The van der Waals surface area contributed by atoms with E-state index in [0.717, 1.165) is 11.3 Å². The minimum atomic E-state index is -0.807. The lowest BCUT2D eigenvalue weighted by Crippen LogP contribution is -2.33. The van der Waals surface area contributed by atoms with Crippen LogP contribution in [0.4, 0.5) is 5.69 Å². The van der Waals surface area contributed by atoms with E-state index in [9.17, 15) is 9.59 Å². The maximum atomic E-state index is 12.7. The molecule has 8 heteroatoms. The standard InChI is InChI=1S/C22H21N3O5/c1-3-28-17-7-5-16(6-8-17)23-22(27)14(2)25-21(26)11-9-18(24-25)15-4-10-19-20(12-15)30-13-29-19/h4-12,14H,3,13H2,1-2H3,(H,23,27). The molecule has 8 nitrogen and oxygen atoms in total. The molecule has 1 aliphatic rings. The van der Waals surface area contributed by atoms with Gasteiger partial charge < -0.3 is 19.5 Å². The van der Waals surface area contributed by atoms with E-state index in [1.807, 2.05) is 13.0 Å². The first-order valence-electron chi connectivity index (χ1n) is 9.59. The Bertz CT molecular complexity index is 1120. The number of rotatable bonds is 6. The number of nitrogens with one attached hydrogen (secondary N) is 1. The Morgan fingerprint density at radius 3 is 2.67 bits per heavy atom. The van der Waals surface area contributed by atoms with E-state index < -0.39 is 6.04 Å². The first-order valence-corrected chi connectivity index (χ1v) is 9.59. The van der Waals surface area contributed by atoms with Crippen molar-refractivity contribution in [1.82, 2.24) is 9.78 Å². The van der Waals surface area contributed by atoms with Gasteiger partial charge in [0.2, 0.25) is 12.7 Å². The van der Waals surface area contributed by atoms with Gasteiger partial charge in [0.25, 0.3) is 5.56 Å². The van der Waals surface area contributed by atoms with Crippen LogP contribution >= 0.6 is 0 Å². The van der Waals surface area contributed by atoms with Crippen LogP contribution in [0.15, 0.2) is 59.4 Å². The summed E-state index contributed by atoms with van der Waals surface area (Å²) >= 11 is 0. The van der Waals surface area contributed by atoms with Crippen LogP contribution in [-0.4, -0.2) is 29.1 Å². The van der Waals surface area contributed by atoms with E-state index in [4.69, 9.17) is 14.2 Å². The van der Waals surface area contributed by atoms with Crippen LogP contribution in [0.3, 0.4) is 0 Å². The second-order valence-electron chi connectivity index (χ2n) is 6.69. The Morgan fingerprint density at radius 2 is 1.90 bits per heavy atom. The quantitative estimate of drug-likeness (QED) is 0.675. The number of hydrogen-bond acceptors (Lipinski definition) is 6. The van der Waals surface area contributed by atoms with Gasteiger partial charge >= 0.3 is 0 Å². The average Bonchev–Trinajstić information content (AvgIpc) is 3.23. The van der Waals surface area contributed by atoms with Crippen LogP contribution in [0, 0.1) is 0 Å². The number of benzene rings is 2. The number of carbonyl (C=O) groups is 1. The van der Waals surface area contributed by atoms with Crippen molar-refractivity contribution < 1.29 is 19.0 Å². The van der Waals surface area contributed by atoms with E-state index in [1.54, 1.807) is 49.4 Å². The first kappa shape index (κ1) is 19.5. The van der Waals surface area contributed by atoms with Crippen molar-refractivity contribution in [3.63, 3.8) is 0 Å². The maximum Gasteiger partial charge on any atom is 0.267 e. The molecule has 0 aliphatic carbocycles. The molecule has 30 heavy (non-hydrogen) atoms. The van der Waals surface area contributed by atoms with Gasteiger partial charge in [0.1, 0.15) is 11.8 Å². The van der Waals surface area contributed by atoms with Crippen LogP contribution in [-0.2, 0) is 4.79 Å². The lowest BCUT2D eigenvalue weighted by atomic mass is 10.1. The van der Waals surface area contributed by atoms with Crippen molar-refractivity contribution in [2.24, 2.45) is 0 Å². The van der Waals surface area contributed by atoms with Gasteiger partial charge in [0, 0.05) is 17.3 Å². The largest absolute Gasteiger partial charge is 0.494 e. The predicted molar refractivity (Wildman–Crippen MR) is 111 cm³/mol. The molecule has 0 saturated carbocycles. The molecule has 3 aromatic rings. The van der Waals surface area contributed by atoms with E-state index in [2.05, 4.69) is 10.4 Å². The highest BCUT2D eigenvalue weighted by Crippen LogP contribution is 2.35. The second kappa shape index (κ2) is 8.28. The summed E-state index contributed by atoms with van der Waals surface area (Å²) in [5, 5.41) is 7.20. The van der Waals surface area contributed by atoms with Crippen LogP contribution < -0.4 is 25.1 Å². The summed E-state index contributed by atoms with van der Waals surface area (Å²) in [5.74, 6) is 1.65. The van der Waals surface area contributed by atoms with Crippen molar-refractivity contribution in [2.75, 3.05) is 18.7 Å². The van der Waals surface area contributed by atoms with Crippen molar-refractivity contribution in [2.45, 2.75) is 19.9 Å². The van der Waals surface area contributed by atoms with Gasteiger partial charge in [-0.1, -0.05) is 0 Å². The molecule has 1 aliphatic heterocycles. The monoisotopic (exact) mass is 407 g/mol. The molecule has 0 bridgehead atoms. The Kier molecular flexibility index (Phi) is 5.38. The molecular weight excluding hydrogens is 386 g/mol. The minimum absolute atomic E-state index is 0.175. The molecule has 4 rings (SSSR count). The SMILES string of the molecule is CCOc1ccc(NC(=O)C(C)n2nc(-c3ccc4c(c3)OCO4)ccc2=O)cc1. The van der Waals surface area contributed by atoms with Gasteiger partial charge in [-0.05, 0) is 62.4 Å². The lowest BCUT2D eigenvalue weighted by Gasteiger charge is -2.15. The Hall–Kier alpha value is -3.81. The highest BCUT2D eigenvalue weighted by atomic mass is 16.7. The van der Waals surface area contributed by atoms with Gasteiger partial charge in [0.05, 0.1) is 12.3 Å². The van der Waals surface area contributed by atoms with Gasteiger partial charge in [-0.25, -0.2) is 4.68 Å². The Balaban J connectivity index is 1.54. The summed E-state index contributed by atoms with van der Waals surface area (Å²) in [6.45, 7) is 4.27. The van der Waals surface area contributed by atoms with Crippen LogP contribution in [0.25, 0.3) is 11.3 Å². The van der Waals surface area contributed by atoms with E-state index >= 15 is 0 Å². The maximum absolute atomic E-state index is 12.7. The fourth-order valence-corrected chi connectivity index (χ4v) is 3.07. The third kappa shape index (κ3) is 3.98. The molecule has 2 aromatic carbocycles. The van der Waals surface area contributed by atoms with Crippen LogP contribution in [0.1, 0.15) is 19.9 Å². The summed E-state index contributed by atoms with van der Waals surface area (Å²) < 4.78 is 17.3. The third-order valence-electron chi connectivity index (χ3n) is 4.67. The number of fused-ring (bicyclic) bond motifs is 1. The van der Waals surface area contributed by atoms with Crippen molar-refractivity contribution in [3.8, 4) is 28.5 Å². The molecule has 1 atom stereocenters. The average molecular weight is 407 g/mol. The summed E-state index contributed by atoms with van der Waals surface area (Å²) in [5.41, 5.74) is 1.55. The summed E-state index contributed by atoms with van der Waals surface area (Å²) in [6, 6.07) is 14.7. The zero-order chi connectivity index (χ0) is 21.1. The zero-order valence-electron chi connectivity index (χ0n) is 16.6. The second-order valence-corrected chi connectivity index (χ2v) is 6.69. The van der Waals surface area contributed by atoms with Gasteiger partial charge in [-0.15, -0.1) is 0 Å². The topological polar surface area (TPSA) is 91.7 Å². The molecule has 2 heterocycles. The molecule has 0 fully saturated rings. The summed E-state index contributed by atoms with van der Waals surface area (Å²) in [4.78, 5) is 25.1. The van der Waals surface area contributed by atoms with Crippen LogP contribution in [0.5, 0.6) is 17.2 Å². The van der Waals surface area contributed by atoms with Gasteiger partial charge in [0.15, 0.2) is 11.5 Å². The highest BCUT2D eigenvalue weighted by molar-refractivity contribution is 5.93. The molecule has 1 N–H and O–H groups in total. The fourth-order valence-electron chi connectivity index (χ4n) is 3.07. The van der Waals surface area contributed by atoms with Crippen molar-refractivity contribution in [3.05, 3.63) is 65.0 Å². The highest BCUT2D eigenvalue weighted by Gasteiger charge is 2.19. The number of amides is 1. The molecule has 1 aromatic heterocycles. The summed E-state index contributed by atoms with van der Waals surface area (Å²) in [7, 11) is 0. The molecule has 0 saturated heterocycles. The van der Waals surface area contributed by atoms with E-state index in [1.165, 1.54) is 10.7 Å². The normalized spacial score (nSPS) is 13.0. The number of aromatic nitrogens is 2. The Morgan fingerprint density at radius 1 is 1.13 bits per heavy atom. The van der Waals surface area contributed by atoms with Crippen LogP contribution in [0.2, 0.25) is 0 Å². The number of ether oxygens (including phenoxy) is 3. The Labute approximate surface area is 173 Å². The molecule has 0 radical (unpaired) electrons. The first-order chi connectivity index (χ1) is 14.5. The smallest absolute Gasteiger partial charge is 0.267 e. The zero-order valence-corrected chi connectivity index (χ0v) is 16.6. The van der Waals surface area contributed by atoms with E-state index in [0.29, 0.717) is 29.5 Å². The summed E-state index contributed by atoms with van der Waals surface area (Å²) in [6.07, 6.45) is 0. The number of anilines is 1. The third-order valence-corrected chi connectivity index (χ3v) is 4.67. The predicted octanol–water partition coefficient (Wildman–Crippen LogP) is 3.24. The lowest BCUT2D eigenvalue weighted by molar-refractivity contribution is -0.119. The van der Waals surface area contributed by atoms with E-state index in [-0.39, 0.29) is 18.3 Å². The van der Waals surface area contributed by atoms with Gasteiger partial charge in [-0.2, -0.15) is 5.10 Å².